The predicted octanol–water partition coefficient (Wildman–Crippen LogP) is 3.48. The third kappa shape index (κ3) is 9.04. The molecule has 0 aliphatic carbocycles. The molecule has 0 radical (unpaired) electrons. The molecule has 0 bridgehead atoms. The summed E-state index contributed by atoms with van der Waals surface area (Å²) in [4.78, 5) is 12.1. The average Bonchev–Trinajstić information content (AvgIpc) is 2.27. The number of carbonyl (C=O) groups excluding carboxylic acids is 1. The summed E-state index contributed by atoms with van der Waals surface area (Å²) < 4.78 is 0. The summed E-state index contributed by atoms with van der Waals surface area (Å²) in [5.41, 5.74) is -0.117. The summed E-state index contributed by atoms with van der Waals surface area (Å²) in [7, 11) is 0. The van der Waals surface area contributed by atoms with Gasteiger partial charge >= 0.3 is 0 Å². The first-order valence-corrected chi connectivity index (χ1v) is 7.76. The molecule has 0 aliphatic heterocycles. The quantitative estimate of drug-likeness (QED) is 0.673. The highest BCUT2D eigenvalue weighted by molar-refractivity contribution is 5.82. The van der Waals surface area contributed by atoms with Crippen molar-refractivity contribution in [2.75, 3.05) is 0 Å². The highest BCUT2D eigenvalue weighted by atomic mass is 16.2. The van der Waals surface area contributed by atoms with E-state index in [1.54, 1.807) is 0 Å². The molecule has 0 aromatic heterocycles. The zero-order chi connectivity index (χ0) is 15.1. The minimum atomic E-state index is -0.125. The summed E-state index contributed by atoms with van der Waals surface area (Å²) in [5.74, 6) is 0.862. The van der Waals surface area contributed by atoms with Crippen LogP contribution in [0.3, 0.4) is 0 Å². The minimum Gasteiger partial charge on any atom is -0.350 e. The largest absolute Gasteiger partial charge is 0.350 e. The van der Waals surface area contributed by atoms with E-state index in [0.29, 0.717) is 6.04 Å². The van der Waals surface area contributed by atoms with E-state index in [0.717, 1.165) is 18.8 Å². The maximum absolute atomic E-state index is 12.1. The maximum Gasteiger partial charge on any atom is 0.237 e. The van der Waals surface area contributed by atoms with Gasteiger partial charge in [0.25, 0.3) is 0 Å². The standard InChI is InChI=1S/C16H34N2O/c1-8-16(6,7)18-15(19)14(5)17-13(4)11-9-10-12(2)3/h12-14,17H,8-11H2,1-7H3,(H,18,19). The average molecular weight is 270 g/mol. The van der Waals surface area contributed by atoms with Crippen LogP contribution in [0.1, 0.15) is 74.1 Å². The van der Waals surface area contributed by atoms with Crippen LogP contribution >= 0.6 is 0 Å². The van der Waals surface area contributed by atoms with Gasteiger partial charge < -0.3 is 10.6 Å². The number of nitrogens with one attached hydrogen (secondary N) is 2. The van der Waals surface area contributed by atoms with Gasteiger partial charge in [0.2, 0.25) is 5.91 Å². The fourth-order valence-electron chi connectivity index (χ4n) is 1.95. The maximum atomic E-state index is 12.1. The van der Waals surface area contributed by atoms with Gasteiger partial charge in [0.05, 0.1) is 6.04 Å². The molecule has 0 aromatic carbocycles. The number of hydrogen-bond donors (Lipinski definition) is 2. The van der Waals surface area contributed by atoms with E-state index in [2.05, 4.69) is 52.2 Å². The molecule has 0 aliphatic rings. The SMILES string of the molecule is CCC(C)(C)NC(=O)C(C)NC(C)CCCC(C)C. The van der Waals surface area contributed by atoms with E-state index in [1.807, 2.05) is 6.92 Å². The smallest absolute Gasteiger partial charge is 0.237 e. The first kappa shape index (κ1) is 18.4. The molecule has 0 fully saturated rings. The number of rotatable bonds is 9. The van der Waals surface area contributed by atoms with E-state index in [1.165, 1.54) is 12.8 Å². The van der Waals surface area contributed by atoms with E-state index in [4.69, 9.17) is 0 Å². The van der Waals surface area contributed by atoms with Crippen LogP contribution in [-0.2, 0) is 4.79 Å². The summed E-state index contributed by atoms with van der Waals surface area (Å²) in [6.45, 7) is 14.8. The Labute approximate surface area is 119 Å². The lowest BCUT2D eigenvalue weighted by Gasteiger charge is -2.28. The lowest BCUT2D eigenvalue weighted by Crippen LogP contribution is -2.52. The Morgan fingerprint density at radius 2 is 1.68 bits per heavy atom. The van der Waals surface area contributed by atoms with Gasteiger partial charge in [-0.1, -0.05) is 33.6 Å². The van der Waals surface area contributed by atoms with Crippen molar-refractivity contribution in [1.29, 1.82) is 0 Å². The highest BCUT2D eigenvalue weighted by Gasteiger charge is 2.22. The topological polar surface area (TPSA) is 41.1 Å². The molecule has 2 N–H and O–H groups in total. The minimum absolute atomic E-state index is 0.0996. The summed E-state index contributed by atoms with van der Waals surface area (Å²) in [6.07, 6.45) is 4.55. The van der Waals surface area contributed by atoms with Gasteiger partial charge in [0.1, 0.15) is 0 Å². The van der Waals surface area contributed by atoms with E-state index >= 15 is 0 Å². The molecule has 0 saturated heterocycles. The molecule has 19 heavy (non-hydrogen) atoms. The molecule has 0 spiro atoms. The van der Waals surface area contributed by atoms with Gasteiger partial charge in [-0.25, -0.2) is 0 Å². The van der Waals surface area contributed by atoms with Gasteiger partial charge in [-0.3, -0.25) is 4.79 Å². The Morgan fingerprint density at radius 1 is 1.11 bits per heavy atom. The second-order valence-corrected chi connectivity index (χ2v) is 6.84. The Morgan fingerprint density at radius 3 is 2.16 bits per heavy atom. The lowest BCUT2D eigenvalue weighted by atomic mass is 10.0. The first-order valence-electron chi connectivity index (χ1n) is 7.76. The molecule has 0 heterocycles. The van der Waals surface area contributed by atoms with E-state index in [9.17, 15) is 4.79 Å². The fraction of sp³-hybridized carbons (Fsp3) is 0.938. The van der Waals surface area contributed by atoms with Crippen LogP contribution in [0.4, 0.5) is 0 Å². The number of amides is 1. The van der Waals surface area contributed by atoms with Gasteiger partial charge in [-0.15, -0.1) is 0 Å². The van der Waals surface area contributed by atoms with Crippen LogP contribution in [0.15, 0.2) is 0 Å². The molecule has 1 amide bonds. The molecule has 2 atom stereocenters. The Kier molecular flexibility index (Phi) is 8.31. The Balaban J connectivity index is 4.01. The van der Waals surface area contributed by atoms with Crippen LogP contribution in [0.5, 0.6) is 0 Å². The van der Waals surface area contributed by atoms with Crippen LogP contribution < -0.4 is 10.6 Å². The van der Waals surface area contributed by atoms with Crippen LogP contribution in [-0.4, -0.2) is 23.5 Å². The normalized spacial score (nSPS) is 15.4. The summed E-state index contributed by atoms with van der Waals surface area (Å²) in [6, 6.07) is 0.268. The van der Waals surface area contributed by atoms with Crippen LogP contribution in [0.25, 0.3) is 0 Å². The second-order valence-electron chi connectivity index (χ2n) is 6.84. The molecular formula is C16H34N2O. The van der Waals surface area contributed by atoms with Crippen molar-refractivity contribution in [3.63, 3.8) is 0 Å². The van der Waals surface area contributed by atoms with Crippen molar-refractivity contribution < 1.29 is 4.79 Å². The highest BCUT2D eigenvalue weighted by Crippen LogP contribution is 2.10. The van der Waals surface area contributed by atoms with E-state index in [-0.39, 0.29) is 17.5 Å². The van der Waals surface area contributed by atoms with Crippen molar-refractivity contribution in [2.45, 2.75) is 91.8 Å². The Hall–Kier alpha value is -0.570. The second kappa shape index (κ2) is 8.57. The molecule has 0 rings (SSSR count). The third-order valence-corrected chi connectivity index (χ3v) is 3.69. The summed E-state index contributed by atoms with van der Waals surface area (Å²) in [5, 5.41) is 6.47. The molecule has 2 unspecified atom stereocenters. The van der Waals surface area contributed by atoms with Crippen LogP contribution in [0.2, 0.25) is 0 Å². The van der Waals surface area contributed by atoms with Crippen molar-refractivity contribution in [2.24, 2.45) is 5.92 Å². The zero-order valence-corrected chi connectivity index (χ0v) is 14.0. The molecule has 0 saturated carbocycles. The molecule has 3 nitrogen and oxygen atoms in total. The third-order valence-electron chi connectivity index (χ3n) is 3.69. The van der Waals surface area contributed by atoms with Gasteiger partial charge in [-0.05, 0) is 46.5 Å². The number of hydrogen-bond acceptors (Lipinski definition) is 2. The molecule has 0 aromatic rings. The zero-order valence-electron chi connectivity index (χ0n) is 14.0. The molecule has 3 heteroatoms. The van der Waals surface area contributed by atoms with Crippen LogP contribution in [0, 0.1) is 5.92 Å². The molecule has 114 valence electrons. The van der Waals surface area contributed by atoms with Gasteiger partial charge in [-0.2, -0.15) is 0 Å². The van der Waals surface area contributed by atoms with Gasteiger partial charge in [0, 0.05) is 11.6 Å². The van der Waals surface area contributed by atoms with Crippen molar-refractivity contribution >= 4 is 5.91 Å². The monoisotopic (exact) mass is 270 g/mol. The van der Waals surface area contributed by atoms with Crippen molar-refractivity contribution in [3.8, 4) is 0 Å². The summed E-state index contributed by atoms with van der Waals surface area (Å²) >= 11 is 0. The lowest BCUT2D eigenvalue weighted by molar-refractivity contribution is -0.124. The van der Waals surface area contributed by atoms with Crippen molar-refractivity contribution in [3.05, 3.63) is 0 Å². The predicted molar refractivity (Wildman–Crippen MR) is 83.3 cm³/mol. The number of carbonyl (C=O) groups is 1. The molecular weight excluding hydrogens is 236 g/mol. The Bertz CT molecular complexity index is 261. The van der Waals surface area contributed by atoms with Crippen molar-refractivity contribution in [1.82, 2.24) is 10.6 Å². The first-order chi connectivity index (χ1) is 8.68. The fourth-order valence-corrected chi connectivity index (χ4v) is 1.95. The van der Waals surface area contributed by atoms with E-state index < -0.39 is 0 Å². The van der Waals surface area contributed by atoms with Gasteiger partial charge in [0.15, 0.2) is 0 Å².